The Labute approximate surface area is 196 Å². The van der Waals surface area contributed by atoms with E-state index in [1.54, 1.807) is 19.2 Å². The number of hydrogen-bond acceptors (Lipinski definition) is 5. The first kappa shape index (κ1) is 25.4. The minimum atomic E-state index is -4.54. The fraction of sp³-hybridized carbons (Fsp3) is 0.522. The van der Waals surface area contributed by atoms with Gasteiger partial charge in [0.15, 0.2) is 0 Å². The van der Waals surface area contributed by atoms with E-state index in [1.165, 1.54) is 4.90 Å². The van der Waals surface area contributed by atoms with Crippen LogP contribution in [-0.4, -0.2) is 77.0 Å². The third-order valence-corrected chi connectivity index (χ3v) is 6.39. The van der Waals surface area contributed by atoms with Crippen LogP contribution in [0.5, 0.6) is 0 Å². The highest BCUT2D eigenvalue weighted by Gasteiger charge is 2.45. The van der Waals surface area contributed by atoms with Crippen LogP contribution in [0.2, 0.25) is 5.02 Å². The number of pyridine rings is 1. The van der Waals surface area contributed by atoms with Crippen LogP contribution in [-0.2, 0) is 16.0 Å². The molecule has 6 nitrogen and oxygen atoms in total. The van der Waals surface area contributed by atoms with E-state index < -0.39 is 23.5 Å². The number of rotatable bonds is 7. The molecule has 1 atom stereocenters. The maximum atomic E-state index is 12.6. The Bertz CT molecular complexity index is 927. The molecule has 1 amide bonds. The molecule has 0 aliphatic carbocycles. The molecule has 180 valence electrons. The van der Waals surface area contributed by atoms with Crippen molar-refractivity contribution in [1.82, 2.24) is 14.8 Å². The van der Waals surface area contributed by atoms with Crippen molar-refractivity contribution in [3.8, 4) is 0 Å². The van der Waals surface area contributed by atoms with Crippen LogP contribution < -0.4 is 0 Å². The molecule has 1 N–H and O–H groups in total. The quantitative estimate of drug-likeness (QED) is 0.468. The number of amides is 1. The molecule has 1 spiro atoms. The van der Waals surface area contributed by atoms with Crippen molar-refractivity contribution >= 4 is 23.2 Å². The van der Waals surface area contributed by atoms with Gasteiger partial charge in [-0.3, -0.25) is 9.78 Å². The molecule has 2 aliphatic heterocycles. The van der Waals surface area contributed by atoms with Gasteiger partial charge in [0.1, 0.15) is 6.10 Å². The zero-order chi connectivity index (χ0) is 24.2. The summed E-state index contributed by atoms with van der Waals surface area (Å²) in [6.07, 6.45) is 0.484. The maximum absolute atomic E-state index is 12.6. The van der Waals surface area contributed by atoms with Gasteiger partial charge in [-0.15, -0.1) is 0 Å². The van der Waals surface area contributed by atoms with Crippen LogP contribution >= 0.6 is 11.6 Å². The van der Waals surface area contributed by atoms with E-state index in [9.17, 15) is 18.0 Å². The van der Waals surface area contributed by atoms with E-state index in [-0.39, 0.29) is 18.2 Å². The lowest BCUT2D eigenvalue weighted by molar-refractivity contribution is -0.188. The molecule has 1 aromatic rings. The van der Waals surface area contributed by atoms with Crippen molar-refractivity contribution in [2.45, 2.75) is 44.1 Å². The highest BCUT2D eigenvalue weighted by atomic mass is 35.5. The second-order valence-electron chi connectivity index (χ2n) is 8.54. The molecule has 3 heterocycles. The maximum Gasteiger partial charge on any atom is 0.415 e. The lowest BCUT2D eigenvalue weighted by Gasteiger charge is -2.49. The fourth-order valence-electron chi connectivity index (χ4n) is 4.16. The predicted molar refractivity (Wildman–Crippen MR) is 121 cm³/mol. The van der Waals surface area contributed by atoms with E-state index in [1.807, 2.05) is 6.07 Å². The monoisotopic (exact) mass is 484 g/mol. The largest absolute Gasteiger partial charge is 0.415 e. The van der Waals surface area contributed by atoms with E-state index in [0.29, 0.717) is 24.4 Å². The SMILES string of the molecule is C=C(/C=C\C(=N)CN1CC2(CCN(CCc3ncccc3Cl)CC2)OC(C)C1=O)C(F)(F)F. The van der Waals surface area contributed by atoms with Gasteiger partial charge in [0, 0.05) is 37.8 Å². The van der Waals surface area contributed by atoms with Gasteiger partial charge < -0.3 is 19.9 Å². The van der Waals surface area contributed by atoms with Gasteiger partial charge in [-0.25, -0.2) is 0 Å². The summed E-state index contributed by atoms with van der Waals surface area (Å²) in [6.45, 7) is 7.25. The van der Waals surface area contributed by atoms with E-state index >= 15 is 0 Å². The zero-order valence-electron chi connectivity index (χ0n) is 18.5. The second-order valence-corrected chi connectivity index (χ2v) is 8.95. The minimum Gasteiger partial charge on any atom is -0.360 e. The number of allylic oxidation sites excluding steroid dienone is 2. The summed E-state index contributed by atoms with van der Waals surface area (Å²) in [5.74, 6) is -0.263. The molecule has 2 aliphatic rings. The highest BCUT2D eigenvalue weighted by molar-refractivity contribution is 6.31. The summed E-state index contributed by atoms with van der Waals surface area (Å²) in [4.78, 5) is 20.7. The minimum absolute atomic E-state index is 0.0716. The number of alkyl halides is 3. The number of likely N-dealkylation sites (tertiary alicyclic amines) is 1. The third-order valence-electron chi connectivity index (χ3n) is 6.04. The third kappa shape index (κ3) is 6.65. The average Bonchev–Trinajstić information content (AvgIpc) is 2.75. The van der Waals surface area contributed by atoms with Gasteiger partial charge in [-0.2, -0.15) is 13.2 Å². The number of aromatic nitrogens is 1. The van der Waals surface area contributed by atoms with Crippen molar-refractivity contribution in [3.05, 3.63) is 53.4 Å². The van der Waals surface area contributed by atoms with Crippen LogP contribution in [0.15, 0.2) is 42.6 Å². The predicted octanol–water partition coefficient (Wildman–Crippen LogP) is 4.05. The number of morpholine rings is 1. The first-order chi connectivity index (χ1) is 15.5. The molecular formula is C23H28ClF3N4O2. The van der Waals surface area contributed by atoms with Crippen LogP contribution in [0.4, 0.5) is 13.2 Å². The number of piperidine rings is 1. The number of halogens is 4. The Morgan fingerprint density at radius 2 is 2.09 bits per heavy atom. The Morgan fingerprint density at radius 3 is 2.73 bits per heavy atom. The van der Waals surface area contributed by atoms with Crippen molar-refractivity contribution in [3.63, 3.8) is 0 Å². The Hall–Kier alpha value is -2.23. The molecule has 1 aromatic heterocycles. The van der Waals surface area contributed by atoms with E-state index in [0.717, 1.165) is 43.9 Å². The lowest BCUT2D eigenvalue weighted by Crippen LogP contribution is -2.62. The van der Waals surface area contributed by atoms with Crippen LogP contribution in [0.25, 0.3) is 0 Å². The molecule has 2 fully saturated rings. The van der Waals surface area contributed by atoms with Gasteiger partial charge in [-0.1, -0.05) is 18.2 Å². The summed E-state index contributed by atoms with van der Waals surface area (Å²) >= 11 is 6.19. The van der Waals surface area contributed by atoms with Crippen LogP contribution in [0, 0.1) is 5.41 Å². The Morgan fingerprint density at radius 1 is 1.39 bits per heavy atom. The smallest absolute Gasteiger partial charge is 0.360 e. The van der Waals surface area contributed by atoms with Gasteiger partial charge in [0.25, 0.3) is 5.91 Å². The molecule has 0 radical (unpaired) electrons. The van der Waals surface area contributed by atoms with Crippen molar-refractivity contribution in [1.29, 1.82) is 5.41 Å². The van der Waals surface area contributed by atoms with Crippen molar-refractivity contribution in [2.24, 2.45) is 0 Å². The molecule has 3 rings (SSSR count). The summed E-state index contributed by atoms with van der Waals surface area (Å²) < 4.78 is 43.9. The molecule has 10 heteroatoms. The second kappa shape index (κ2) is 10.4. The Balaban J connectivity index is 1.55. The number of carbonyl (C=O) groups is 1. The van der Waals surface area contributed by atoms with Crippen molar-refractivity contribution < 1.29 is 22.7 Å². The average molecular weight is 485 g/mol. The molecular weight excluding hydrogens is 457 g/mol. The van der Waals surface area contributed by atoms with Gasteiger partial charge >= 0.3 is 6.18 Å². The fourth-order valence-corrected chi connectivity index (χ4v) is 4.38. The topological polar surface area (TPSA) is 69.5 Å². The lowest BCUT2D eigenvalue weighted by atomic mass is 9.88. The first-order valence-electron chi connectivity index (χ1n) is 10.8. The molecule has 0 aromatic carbocycles. The molecule has 1 unspecified atom stereocenters. The van der Waals surface area contributed by atoms with Crippen molar-refractivity contribution in [2.75, 3.05) is 32.7 Å². The summed E-state index contributed by atoms with van der Waals surface area (Å²) in [7, 11) is 0. The molecule has 0 saturated carbocycles. The zero-order valence-corrected chi connectivity index (χ0v) is 19.3. The molecule has 33 heavy (non-hydrogen) atoms. The standard InChI is InChI=1S/C23H28ClF3N4O2/c1-16(23(25,26)27)5-6-18(28)14-31-15-22(33-17(2)21(31)32)8-12-30(13-9-22)11-7-20-19(24)4-3-10-29-20/h3-6,10,17,28H,1,7-9,11-15H2,2H3/b6-5-,28-18?. The molecule has 2 saturated heterocycles. The summed E-state index contributed by atoms with van der Waals surface area (Å²) in [5, 5.41) is 8.66. The van der Waals surface area contributed by atoms with Crippen LogP contribution in [0.3, 0.4) is 0 Å². The normalized spacial score (nSPS) is 21.7. The summed E-state index contributed by atoms with van der Waals surface area (Å²) in [6, 6.07) is 3.62. The van der Waals surface area contributed by atoms with Gasteiger partial charge in [0.05, 0.1) is 35.1 Å². The first-order valence-corrected chi connectivity index (χ1v) is 11.2. The number of nitrogens with zero attached hydrogens (tertiary/aromatic N) is 3. The number of carbonyl (C=O) groups excluding carboxylic acids is 1. The van der Waals surface area contributed by atoms with E-state index in [2.05, 4.69) is 16.5 Å². The highest BCUT2D eigenvalue weighted by Crippen LogP contribution is 2.33. The van der Waals surface area contributed by atoms with Gasteiger partial charge in [0.2, 0.25) is 0 Å². The molecule has 0 bridgehead atoms. The summed E-state index contributed by atoms with van der Waals surface area (Å²) in [5.41, 5.74) is -0.794. The van der Waals surface area contributed by atoms with E-state index in [4.69, 9.17) is 21.7 Å². The number of ether oxygens (including phenoxy) is 1. The number of nitrogens with one attached hydrogen (secondary N) is 1. The Kier molecular flexibility index (Phi) is 7.97. The van der Waals surface area contributed by atoms with Gasteiger partial charge in [-0.05, 0) is 44.1 Å². The number of hydrogen-bond donors (Lipinski definition) is 1. The van der Waals surface area contributed by atoms with Crippen LogP contribution in [0.1, 0.15) is 25.5 Å².